The van der Waals surface area contributed by atoms with Crippen LogP contribution >= 0.6 is 11.6 Å². The lowest BCUT2D eigenvalue weighted by Crippen LogP contribution is -2.39. The van der Waals surface area contributed by atoms with Gasteiger partial charge in [-0.05, 0) is 75.8 Å². The Kier molecular flexibility index (Phi) is 10.4. The number of nitrogens with zero attached hydrogens (tertiary/aromatic N) is 1. The van der Waals surface area contributed by atoms with Gasteiger partial charge in [-0.1, -0.05) is 29.8 Å². The number of carbonyl (C=O) groups excluding carboxylic acids is 1. The number of anilines is 1. The van der Waals surface area contributed by atoms with Gasteiger partial charge in [0.25, 0.3) is 0 Å². The minimum Gasteiger partial charge on any atom is -0.491 e. The molecule has 7 nitrogen and oxygen atoms in total. The number of carboxylic acid groups (broad SMARTS) is 1. The van der Waals surface area contributed by atoms with E-state index in [0.717, 1.165) is 17.0 Å². The molecule has 2 aromatic carbocycles. The molecule has 0 spiro atoms. The van der Waals surface area contributed by atoms with Crippen LogP contribution in [0.25, 0.3) is 0 Å². The number of aliphatic hydroxyl groups is 1. The van der Waals surface area contributed by atoms with E-state index in [1.165, 1.54) is 0 Å². The number of rotatable bonds is 11. The fourth-order valence-electron chi connectivity index (χ4n) is 4.63. The van der Waals surface area contributed by atoms with Gasteiger partial charge in [-0.2, -0.15) is 0 Å². The zero-order valence-corrected chi connectivity index (χ0v) is 21.8. The van der Waals surface area contributed by atoms with Crippen molar-refractivity contribution in [2.45, 2.75) is 70.6 Å². The van der Waals surface area contributed by atoms with Crippen LogP contribution in [0.5, 0.6) is 5.75 Å². The van der Waals surface area contributed by atoms with Crippen molar-refractivity contribution in [1.82, 2.24) is 4.90 Å². The highest BCUT2D eigenvalue weighted by molar-refractivity contribution is 6.30. The fourth-order valence-corrected chi connectivity index (χ4v) is 4.84. The molecule has 0 unspecified atom stereocenters. The maximum Gasteiger partial charge on any atom is 0.305 e. The second-order valence-corrected chi connectivity index (χ2v) is 10.1. The van der Waals surface area contributed by atoms with E-state index in [2.05, 4.69) is 5.32 Å². The van der Waals surface area contributed by atoms with Crippen LogP contribution in [0, 0.1) is 5.92 Å². The average Bonchev–Trinajstić information content (AvgIpc) is 3.00. The lowest BCUT2D eigenvalue weighted by molar-refractivity contribution is -0.140. The highest BCUT2D eigenvalue weighted by Crippen LogP contribution is 2.29. The Labute approximate surface area is 218 Å². The number of hydrogen-bond donors (Lipinski definition) is 3. The van der Waals surface area contributed by atoms with E-state index in [1.807, 2.05) is 56.3 Å². The molecule has 0 aromatic heterocycles. The number of aliphatic hydroxyl groups excluding tert-OH is 1. The molecule has 1 aliphatic carbocycles. The molecule has 0 bridgehead atoms. The van der Waals surface area contributed by atoms with Crippen molar-refractivity contribution in [3.63, 3.8) is 0 Å². The second-order valence-electron chi connectivity index (χ2n) is 9.71. The number of benzene rings is 2. The van der Waals surface area contributed by atoms with Gasteiger partial charge in [0, 0.05) is 35.8 Å². The molecule has 3 rings (SSSR count). The zero-order valence-electron chi connectivity index (χ0n) is 21.0. The van der Waals surface area contributed by atoms with Crippen LogP contribution in [0.4, 0.5) is 5.69 Å². The molecule has 8 heteroatoms. The van der Waals surface area contributed by atoms with E-state index >= 15 is 0 Å². The molecule has 0 heterocycles. The number of amides is 1. The van der Waals surface area contributed by atoms with Gasteiger partial charge in [-0.3, -0.25) is 9.59 Å². The van der Waals surface area contributed by atoms with Gasteiger partial charge < -0.3 is 25.2 Å². The van der Waals surface area contributed by atoms with Gasteiger partial charge in [-0.15, -0.1) is 0 Å². The smallest absolute Gasteiger partial charge is 0.305 e. The molecule has 196 valence electrons. The van der Waals surface area contributed by atoms with E-state index in [1.54, 1.807) is 11.0 Å². The van der Waals surface area contributed by atoms with E-state index in [9.17, 15) is 19.8 Å². The summed E-state index contributed by atoms with van der Waals surface area (Å²) in [6, 6.07) is 15.0. The molecular weight excluding hydrogens is 480 g/mol. The molecule has 1 saturated carbocycles. The largest absolute Gasteiger partial charge is 0.491 e. The number of carbonyl (C=O) groups is 2. The van der Waals surface area contributed by atoms with Crippen molar-refractivity contribution in [3.8, 4) is 5.75 Å². The van der Waals surface area contributed by atoms with Crippen LogP contribution in [0.15, 0.2) is 48.5 Å². The predicted octanol–water partition coefficient (Wildman–Crippen LogP) is 5.00. The van der Waals surface area contributed by atoms with Crippen LogP contribution in [0.2, 0.25) is 5.02 Å². The summed E-state index contributed by atoms with van der Waals surface area (Å²) in [6.45, 7) is 4.54. The number of ether oxygens (including phenoxy) is 1. The van der Waals surface area contributed by atoms with Gasteiger partial charge in [0.05, 0.1) is 24.7 Å². The standard InChI is InChI=1S/C28H37ClN2O5/c1-19(2)36-24-8-4-7-23(18-24)30-25-11-9-21(10-12-26(25)32)28(35)31(16-14-27(33)34)15-13-20-5-3-6-22(29)17-20/h3-8,17-19,21,25-26,30,32H,9-16H2,1-2H3,(H,33,34)/t21-,25+,26+/m1/s1. The van der Waals surface area contributed by atoms with E-state index < -0.39 is 12.1 Å². The summed E-state index contributed by atoms with van der Waals surface area (Å²) in [5.74, 6) is -0.464. The predicted molar refractivity (Wildman–Crippen MR) is 142 cm³/mol. The Morgan fingerprint density at radius 1 is 1.08 bits per heavy atom. The summed E-state index contributed by atoms with van der Waals surface area (Å²) in [7, 11) is 0. The van der Waals surface area contributed by atoms with Crippen LogP contribution in [-0.2, 0) is 16.0 Å². The first kappa shape index (κ1) is 27.8. The zero-order chi connectivity index (χ0) is 26.1. The molecular formula is C28H37ClN2O5. The van der Waals surface area contributed by atoms with Crippen molar-refractivity contribution in [3.05, 3.63) is 59.1 Å². The van der Waals surface area contributed by atoms with Crippen molar-refractivity contribution in [1.29, 1.82) is 0 Å². The van der Waals surface area contributed by atoms with Gasteiger partial charge in [-0.25, -0.2) is 0 Å². The number of carboxylic acids is 1. The first-order valence-corrected chi connectivity index (χ1v) is 13.1. The SMILES string of the molecule is CC(C)Oc1cccc(N[C@H]2CC[C@@H](C(=O)N(CCC(=O)O)CCc3cccc(Cl)c3)CC[C@@H]2O)c1. The molecule has 3 atom stereocenters. The van der Waals surface area contributed by atoms with Gasteiger partial charge in [0.1, 0.15) is 5.75 Å². The minimum atomic E-state index is -0.931. The molecule has 0 aliphatic heterocycles. The van der Waals surface area contributed by atoms with Gasteiger partial charge >= 0.3 is 5.97 Å². The Hall–Kier alpha value is -2.77. The van der Waals surface area contributed by atoms with Crippen molar-refractivity contribution < 1.29 is 24.5 Å². The number of halogens is 1. The summed E-state index contributed by atoms with van der Waals surface area (Å²) in [5, 5.41) is 24.1. The Balaban J connectivity index is 1.63. The minimum absolute atomic E-state index is 0.0431. The topological polar surface area (TPSA) is 99.1 Å². The Morgan fingerprint density at radius 3 is 2.56 bits per heavy atom. The summed E-state index contributed by atoms with van der Waals surface area (Å²) < 4.78 is 5.77. The first-order chi connectivity index (χ1) is 17.2. The van der Waals surface area contributed by atoms with E-state index in [0.29, 0.717) is 43.7 Å². The van der Waals surface area contributed by atoms with Crippen molar-refractivity contribution >= 4 is 29.2 Å². The Morgan fingerprint density at radius 2 is 1.83 bits per heavy atom. The highest BCUT2D eigenvalue weighted by atomic mass is 35.5. The highest BCUT2D eigenvalue weighted by Gasteiger charge is 2.31. The average molecular weight is 517 g/mol. The summed E-state index contributed by atoms with van der Waals surface area (Å²) >= 11 is 6.09. The maximum atomic E-state index is 13.5. The third-order valence-electron chi connectivity index (χ3n) is 6.48. The van der Waals surface area contributed by atoms with Crippen LogP contribution < -0.4 is 10.1 Å². The Bertz CT molecular complexity index is 1010. The number of aliphatic carboxylic acids is 1. The second kappa shape index (κ2) is 13.5. The van der Waals surface area contributed by atoms with Crippen molar-refractivity contribution in [2.24, 2.45) is 5.92 Å². The molecule has 1 amide bonds. The number of hydrogen-bond acceptors (Lipinski definition) is 5. The molecule has 36 heavy (non-hydrogen) atoms. The van der Waals surface area contributed by atoms with E-state index in [4.69, 9.17) is 16.3 Å². The monoisotopic (exact) mass is 516 g/mol. The van der Waals surface area contributed by atoms with Gasteiger partial charge in [0.15, 0.2) is 0 Å². The quantitative estimate of drug-likeness (QED) is 0.363. The molecule has 1 fully saturated rings. The molecule has 2 aromatic rings. The molecule has 0 saturated heterocycles. The summed E-state index contributed by atoms with van der Waals surface area (Å²) in [6.07, 6.45) is 2.29. The van der Waals surface area contributed by atoms with Crippen LogP contribution in [0.3, 0.4) is 0 Å². The van der Waals surface area contributed by atoms with Crippen LogP contribution in [-0.4, -0.2) is 58.3 Å². The molecule has 1 aliphatic rings. The lowest BCUT2D eigenvalue weighted by atomic mass is 9.98. The fraction of sp³-hybridized carbons (Fsp3) is 0.500. The summed E-state index contributed by atoms with van der Waals surface area (Å²) in [5.41, 5.74) is 1.87. The van der Waals surface area contributed by atoms with Crippen molar-refractivity contribution in [2.75, 3.05) is 18.4 Å². The lowest BCUT2D eigenvalue weighted by Gasteiger charge is -2.27. The van der Waals surface area contributed by atoms with Crippen LogP contribution in [0.1, 0.15) is 51.5 Å². The third-order valence-corrected chi connectivity index (χ3v) is 6.71. The van der Waals surface area contributed by atoms with E-state index in [-0.39, 0.29) is 36.9 Å². The first-order valence-electron chi connectivity index (χ1n) is 12.7. The molecule has 3 N–H and O–H groups in total. The molecule has 0 radical (unpaired) electrons. The summed E-state index contributed by atoms with van der Waals surface area (Å²) in [4.78, 5) is 26.3. The maximum absolute atomic E-state index is 13.5. The normalized spacial score (nSPS) is 20.0. The third kappa shape index (κ3) is 8.71. The van der Waals surface area contributed by atoms with Gasteiger partial charge in [0.2, 0.25) is 5.91 Å². The number of nitrogens with one attached hydrogen (secondary N) is 1.